The second-order valence-corrected chi connectivity index (χ2v) is 4.82. The number of carbonyl (C=O) groups excluding carboxylic acids is 2. The minimum atomic E-state index is -0.276. The molecule has 2 aromatic rings. The maximum Gasteiger partial charge on any atom is 0.246 e. The van der Waals surface area contributed by atoms with E-state index in [4.69, 9.17) is 9.47 Å². The minimum absolute atomic E-state index is 0.0244. The third-order valence-electron chi connectivity index (χ3n) is 3.09. The van der Waals surface area contributed by atoms with Crippen molar-refractivity contribution in [3.05, 3.63) is 24.4 Å². The van der Waals surface area contributed by atoms with E-state index in [0.717, 1.165) is 0 Å². The van der Waals surface area contributed by atoms with E-state index >= 15 is 0 Å². The van der Waals surface area contributed by atoms with Crippen LogP contribution in [0.25, 0.3) is 0 Å². The first-order valence-electron chi connectivity index (χ1n) is 7.03. The summed E-state index contributed by atoms with van der Waals surface area (Å²) in [7, 11) is 0. The van der Waals surface area contributed by atoms with Crippen molar-refractivity contribution in [2.75, 3.05) is 17.4 Å². The molecule has 0 bridgehead atoms. The highest BCUT2D eigenvalue weighted by Gasteiger charge is 2.14. The topological polar surface area (TPSA) is 107 Å². The molecule has 1 aliphatic heterocycles. The van der Waals surface area contributed by atoms with E-state index in [9.17, 15) is 9.59 Å². The van der Waals surface area contributed by atoms with E-state index in [0.29, 0.717) is 29.4 Å². The monoisotopic (exact) mass is 317 g/mol. The predicted molar refractivity (Wildman–Crippen MR) is 80.1 cm³/mol. The predicted octanol–water partition coefficient (Wildman–Crippen LogP) is 0.994. The molecular weight excluding hydrogens is 302 g/mol. The molecule has 1 aromatic heterocycles. The van der Waals surface area contributed by atoms with Gasteiger partial charge in [0.25, 0.3) is 0 Å². The van der Waals surface area contributed by atoms with Crippen LogP contribution in [-0.4, -0.2) is 33.6 Å². The largest absolute Gasteiger partial charge is 0.454 e. The van der Waals surface area contributed by atoms with Crippen LogP contribution in [0.15, 0.2) is 24.4 Å². The summed E-state index contributed by atoms with van der Waals surface area (Å²) in [5.41, 5.74) is 0.596. The zero-order valence-electron chi connectivity index (χ0n) is 12.4. The van der Waals surface area contributed by atoms with E-state index in [1.54, 1.807) is 25.1 Å². The molecule has 0 fully saturated rings. The maximum absolute atomic E-state index is 12.0. The first-order chi connectivity index (χ1) is 11.1. The lowest BCUT2D eigenvalue weighted by atomic mass is 10.3. The molecule has 0 saturated heterocycles. The van der Waals surface area contributed by atoms with Crippen LogP contribution in [0.2, 0.25) is 0 Å². The Morgan fingerprint density at radius 3 is 2.87 bits per heavy atom. The van der Waals surface area contributed by atoms with Gasteiger partial charge < -0.3 is 20.1 Å². The van der Waals surface area contributed by atoms with Crippen molar-refractivity contribution in [3.8, 4) is 11.5 Å². The smallest absolute Gasteiger partial charge is 0.246 e. The maximum atomic E-state index is 12.0. The van der Waals surface area contributed by atoms with E-state index in [1.807, 2.05) is 0 Å². The van der Waals surface area contributed by atoms with Crippen LogP contribution in [0.5, 0.6) is 11.5 Å². The second kappa shape index (κ2) is 6.34. The molecule has 1 aromatic carbocycles. The zero-order valence-corrected chi connectivity index (χ0v) is 12.4. The Bertz CT molecular complexity index is 743. The van der Waals surface area contributed by atoms with E-state index in [-0.39, 0.29) is 25.2 Å². The van der Waals surface area contributed by atoms with Gasteiger partial charge in [-0.3, -0.25) is 9.59 Å². The summed E-state index contributed by atoms with van der Waals surface area (Å²) in [4.78, 5) is 23.3. The van der Waals surface area contributed by atoms with Gasteiger partial charge in [-0.05, 0) is 12.1 Å². The lowest BCUT2D eigenvalue weighted by Gasteiger charge is -2.05. The summed E-state index contributed by atoms with van der Waals surface area (Å²) in [5, 5.41) is 12.9. The van der Waals surface area contributed by atoms with Gasteiger partial charge in [-0.1, -0.05) is 12.1 Å². The molecular formula is C14H15N5O4. The van der Waals surface area contributed by atoms with Crippen LogP contribution in [0.3, 0.4) is 0 Å². The standard InChI is InChI=1S/C14H15N5O4/c1-2-13(20)16-12-6-19(18-17-12)7-14(21)15-9-3-4-10-11(5-9)23-8-22-10/h3-6H,2,7-8H2,1H3,(H,15,21)(H,16,20). The molecule has 0 atom stereocenters. The molecule has 2 amide bonds. The van der Waals surface area contributed by atoms with Crippen molar-refractivity contribution < 1.29 is 19.1 Å². The van der Waals surface area contributed by atoms with Gasteiger partial charge in [0.15, 0.2) is 17.3 Å². The fraction of sp³-hybridized carbons (Fsp3) is 0.286. The highest BCUT2D eigenvalue weighted by atomic mass is 16.7. The summed E-state index contributed by atoms with van der Waals surface area (Å²) >= 11 is 0. The van der Waals surface area contributed by atoms with E-state index in [2.05, 4.69) is 20.9 Å². The first-order valence-corrected chi connectivity index (χ1v) is 7.03. The molecule has 2 N–H and O–H groups in total. The third-order valence-corrected chi connectivity index (χ3v) is 3.09. The molecule has 120 valence electrons. The summed E-state index contributed by atoms with van der Waals surface area (Å²) in [5.74, 6) is 1.11. The summed E-state index contributed by atoms with van der Waals surface area (Å²) in [6, 6.07) is 5.14. The number of benzene rings is 1. The van der Waals surface area contributed by atoms with Crippen LogP contribution >= 0.6 is 0 Å². The normalized spacial score (nSPS) is 12.0. The number of hydrogen-bond acceptors (Lipinski definition) is 6. The number of aromatic nitrogens is 3. The lowest BCUT2D eigenvalue weighted by molar-refractivity contribution is -0.117. The SMILES string of the molecule is CCC(=O)Nc1cn(CC(=O)Nc2ccc3c(c2)OCO3)nn1. The number of carbonyl (C=O) groups is 2. The molecule has 2 heterocycles. The Balaban J connectivity index is 1.58. The van der Waals surface area contributed by atoms with E-state index in [1.165, 1.54) is 10.9 Å². The fourth-order valence-corrected chi connectivity index (χ4v) is 1.99. The van der Waals surface area contributed by atoms with E-state index < -0.39 is 0 Å². The van der Waals surface area contributed by atoms with Gasteiger partial charge in [0.05, 0.1) is 6.20 Å². The van der Waals surface area contributed by atoms with Crippen LogP contribution < -0.4 is 20.1 Å². The molecule has 23 heavy (non-hydrogen) atoms. The average molecular weight is 317 g/mol. The van der Waals surface area contributed by atoms with Gasteiger partial charge in [-0.25, -0.2) is 4.68 Å². The van der Waals surface area contributed by atoms with Crippen LogP contribution in [0, 0.1) is 0 Å². The van der Waals surface area contributed by atoms with Crippen LogP contribution in [0.4, 0.5) is 11.5 Å². The molecule has 0 aliphatic carbocycles. The van der Waals surface area contributed by atoms with Crippen molar-refractivity contribution in [2.45, 2.75) is 19.9 Å². The Morgan fingerprint density at radius 1 is 1.22 bits per heavy atom. The molecule has 1 aliphatic rings. The van der Waals surface area contributed by atoms with Crippen molar-refractivity contribution in [3.63, 3.8) is 0 Å². The number of anilines is 2. The van der Waals surface area contributed by atoms with Gasteiger partial charge in [0.1, 0.15) is 6.54 Å². The number of hydrogen-bond donors (Lipinski definition) is 2. The molecule has 3 rings (SSSR count). The molecule has 0 unspecified atom stereocenters. The van der Waals surface area contributed by atoms with Gasteiger partial charge in [-0.15, -0.1) is 5.10 Å². The van der Waals surface area contributed by atoms with Gasteiger partial charge in [-0.2, -0.15) is 0 Å². The minimum Gasteiger partial charge on any atom is -0.454 e. The number of amides is 2. The Hall–Kier alpha value is -3.10. The van der Waals surface area contributed by atoms with Gasteiger partial charge >= 0.3 is 0 Å². The second-order valence-electron chi connectivity index (χ2n) is 4.82. The highest BCUT2D eigenvalue weighted by Crippen LogP contribution is 2.34. The number of rotatable bonds is 5. The first kappa shape index (κ1) is 14.8. The molecule has 0 saturated carbocycles. The van der Waals surface area contributed by atoms with Crippen molar-refractivity contribution >= 4 is 23.3 Å². The van der Waals surface area contributed by atoms with Crippen LogP contribution in [-0.2, 0) is 16.1 Å². The number of ether oxygens (including phenoxy) is 2. The average Bonchev–Trinajstić information content (AvgIpc) is 3.15. The molecule has 0 radical (unpaired) electrons. The van der Waals surface area contributed by atoms with Gasteiger partial charge in [0.2, 0.25) is 18.6 Å². The number of fused-ring (bicyclic) bond motifs is 1. The van der Waals surface area contributed by atoms with Crippen molar-refractivity contribution in [1.29, 1.82) is 0 Å². The van der Waals surface area contributed by atoms with Gasteiger partial charge in [0, 0.05) is 18.2 Å². The Morgan fingerprint density at radius 2 is 2.04 bits per heavy atom. The Kier molecular flexibility index (Phi) is 4.09. The lowest BCUT2D eigenvalue weighted by Crippen LogP contribution is -2.19. The molecule has 9 nitrogen and oxygen atoms in total. The molecule has 9 heteroatoms. The number of nitrogens with one attached hydrogen (secondary N) is 2. The molecule has 0 spiro atoms. The van der Waals surface area contributed by atoms with Crippen molar-refractivity contribution in [2.24, 2.45) is 0 Å². The summed E-state index contributed by atoms with van der Waals surface area (Å²) in [6.07, 6.45) is 1.84. The summed E-state index contributed by atoms with van der Waals surface area (Å²) in [6.45, 7) is 1.89. The van der Waals surface area contributed by atoms with Crippen LogP contribution in [0.1, 0.15) is 13.3 Å². The summed E-state index contributed by atoms with van der Waals surface area (Å²) < 4.78 is 11.8. The quantitative estimate of drug-likeness (QED) is 0.851. The fourth-order valence-electron chi connectivity index (χ4n) is 1.99. The van der Waals surface area contributed by atoms with Crippen molar-refractivity contribution in [1.82, 2.24) is 15.0 Å². The third kappa shape index (κ3) is 3.57. The zero-order chi connectivity index (χ0) is 16.2. The number of nitrogens with zero attached hydrogens (tertiary/aromatic N) is 3. The Labute approximate surface area is 131 Å². The highest BCUT2D eigenvalue weighted by molar-refractivity contribution is 5.91.